The third-order valence-corrected chi connectivity index (χ3v) is 9.57. The SMILES string of the molecule is CC.Cc1cc(N)nc(-c2nc3c4c(nc(OCC56CCCN5CCC6)nc4c2F)N2CCNCC2[C@@H](C)C3)c1C(F)(F)F. The molecule has 13 heteroatoms. The number of halogens is 4. The average Bonchev–Trinajstić information content (AvgIpc) is 3.54. The number of piperazine rings is 1. The van der Waals surface area contributed by atoms with Gasteiger partial charge in [0.15, 0.2) is 5.82 Å². The summed E-state index contributed by atoms with van der Waals surface area (Å²) in [7, 11) is 0. The Kier molecular flexibility index (Phi) is 8.06. The van der Waals surface area contributed by atoms with Crippen LogP contribution in [0.4, 0.5) is 29.2 Å². The highest BCUT2D eigenvalue weighted by atomic mass is 19.4. The van der Waals surface area contributed by atoms with Crippen LogP contribution in [0.1, 0.15) is 63.3 Å². The lowest BCUT2D eigenvalue weighted by molar-refractivity contribution is -0.137. The van der Waals surface area contributed by atoms with Crippen LogP contribution in [-0.2, 0) is 12.6 Å². The number of fused-ring (bicyclic) bond motifs is 3. The highest BCUT2D eigenvalue weighted by Crippen LogP contribution is 2.44. The molecule has 7 heterocycles. The Morgan fingerprint density at radius 2 is 1.80 bits per heavy atom. The largest absolute Gasteiger partial charge is 0.461 e. The number of aryl methyl sites for hydroxylation is 1. The van der Waals surface area contributed by atoms with Crippen molar-refractivity contribution in [2.45, 2.75) is 77.6 Å². The van der Waals surface area contributed by atoms with Crippen molar-refractivity contribution in [3.63, 3.8) is 0 Å². The van der Waals surface area contributed by atoms with Crippen LogP contribution in [-0.4, -0.2) is 75.7 Å². The predicted octanol–water partition coefficient (Wildman–Crippen LogP) is 5.14. The van der Waals surface area contributed by atoms with Crippen LogP contribution in [0.2, 0.25) is 0 Å². The van der Waals surface area contributed by atoms with Gasteiger partial charge in [-0.15, -0.1) is 0 Å². The second kappa shape index (κ2) is 11.6. The molecule has 1 unspecified atom stereocenters. The minimum absolute atomic E-state index is 0.0206. The molecule has 44 heavy (non-hydrogen) atoms. The molecular formula is C31H40F4N8O. The monoisotopic (exact) mass is 616 g/mol. The van der Waals surface area contributed by atoms with Gasteiger partial charge in [-0.25, -0.2) is 14.4 Å². The van der Waals surface area contributed by atoms with Crippen molar-refractivity contribution >= 4 is 22.5 Å². The number of pyridine rings is 2. The van der Waals surface area contributed by atoms with Crippen molar-refractivity contribution in [3.05, 3.63) is 28.7 Å². The fraction of sp³-hybridized carbons (Fsp3) is 0.613. The normalized spacial score (nSPS) is 22.7. The first-order chi connectivity index (χ1) is 21.1. The summed E-state index contributed by atoms with van der Waals surface area (Å²) in [5, 5.41) is 3.83. The first-order valence-electron chi connectivity index (χ1n) is 15.7. The number of nitrogen functional groups attached to an aromatic ring is 1. The van der Waals surface area contributed by atoms with Crippen molar-refractivity contribution in [2.24, 2.45) is 5.92 Å². The molecule has 0 saturated carbocycles. The summed E-state index contributed by atoms with van der Waals surface area (Å²) in [6, 6.07) is 1.18. The smallest absolute Gasteiger partial charge is 0.418 e. The molecule has 3 aromatic heterocycles. The van der Waals surface area contributed by atoms with Crippen molar-refractivity contribution < 1.29 is 22.3 Å². The van der Waals surface area contributed by atoms with E-state index >= 15 is 4.39 Å². The Morgan fingerprint density at radius 1 is 1.07 bits per heavy atom. The number of aromatic nitrogens is 4. The van der Waals surface area contributed by atoms with Crippen LogP contribution in [0.5, 0.6) is 6.01 Å². The number of rotatable bonds is 4. The van der Waals surface area contributed by atoms with E-state index < -0.39 is 28.9 Å². The van der Waals surface area contributed by atoms with E-state index in [1.165, 1.54) is 6.92 Å². The molecule has 4 aliphatic heterocycles. The van der Waals surface area contributed by atoms with Crippen molar-refractivity contribution in [1.29, 1.82) is 0 Å². The summed E-state index contributed by atoms with van der Waals surface area (Å²) in [6.07, 6.45) is -0.181. The van der Waals surface area contributed by atoms with E-state index in [0.29, 0.717) is 49.6 Å². The summed E-state index contributed by atoms with van der Waals surface area (Å²) in [5.74, 6) is -0.581. The van der Waals surface area contributed by atoms with Gasteiger partial charge in [0.05, 0.1) is 22.2 Å². The van der Waals surface area contributed by atoms with Crippen LogP contribution in [0.25, 0.3) is 22.3 Å². The number of alkyl halides is 3. The predicted molar refractivity (Wildman–Crippen MR) is 161 cm³/mol. The molecule has 3 saturated heterocycles. The standard InChI is InChI=1S/C29H34F4N8O.C2H6/c1-15-11-17-20-23(22(30)25(36-17)24-21(29(31,32)33)16(2)12-19(34)37-24)38-27(39-26(20)41-10-7-35-13-18(15)41)42-14-28-5-3-8-40(28)9-4-6-28;1-2/h12,15,18,35H,3-11,13-14H2,1-2H3,(H2,34,37);1-2H3/t15-,18?;/m0./s1. The van der Waals surface area contributed by atoms with E-state index in [9.17, 15) is 13.2 Å². The van der Waals surface area contributed by atoms with Gasteiger partial charge in [0.1, 0.15) is 35.1 Å². The van der Waals surface area contributed by atoms with E-state index in [1.54, 1.807) is 0 Å². The number of nitrogens with one attached hydrogen (secondary N) is 1. The highest BCUT2D eigenvalue weighted by molar-refractivity contribution is 5.95. The van der Waals surface area contributed by atoms with E-state index in [-0.39, 0.29) is 40.4 Å². The molecular weight excluding hydrogens is 576 g/mol. The van der Waals surface area contributed by atoms with Gasteiger partial charge in [0.2, 0.25) is 0 Å². The third kappa shape index (κ3) is 5.11. The molecule has 3 aromatic rings. The van der Waals surface area contributed by atoms with Crippen LogP contribution in [0, 0.1) is 18.7 Å². The molecule has 0 bridgehead atoms. The van der Waals surface area contributed by atoms with Crippen molar-refractivity contribution in [3.8, 4) is 17.4 Å². The Morgan fingerprint density at radius 3 is 2.50 bits per heavy atom. The summed E-state index contributed by atoms with van der Waals surface area (Å²) in [5.41, 5.74) is 3.75. The molecule has 4 aliphatic rings. The zero-order valence-electron chi connectivity index (χ0n) is 25.7. The molecule has 7 rings (SSSR count). The first kappa shape index (κ1) is 30.7. The molecule has 0 aromatic carbocycles. The van der Waals surface area contributed by atoms with Crippen LogP contribution in [0.3, 0.4) is 0 Å². The van der Waals surface area contributed by atoms with Gasteiger partial charge < -0.3 is 20.7 Å². The maximum atomic E-state index is 16.6. The molecule has 3 fully saturated rings. The molecule has 2 atom stereocenters. The summed E-state index contributed by atoms with van der Waals surface area (Å²) in [6.45, 7) is 11.8. The van der Waals surface area contributed by atoms with Gasteiger partial charge in [-0.05, 0) is 69.7 Å². The lowest BCUT2D eigenvalue weighted by atomic mass is 9.94. The number of hydrogen-bond acceptors (Lipinski definition) is 9. The van der Waals surface area contributed by atoms with Gasteiger partial charge >= 0.3 is 12.2 Å². The van der Waals surface area contributed by atoms with Gasteiger partial charge in [0, 0.05) is 25.7 Å². The fourth-order valence-corrected chi connectivity index (χ4v) is 7.61. The number of anilines is 2. The van der Waals surface area contributed by atoms with E-state index in [0.717, 1.165) is 44.8 Å². The second-order valence-electron chi connectivity index (χ2n) is 12.2. The molecule has 0 spiro atoms. The van der Waals surface area contributed by atoms with E-state index in [1.807, 2.05) is 13.8 Å². The van der Waals surface area contributed by atoms with Crippen LogP contribution >= 0.6 is 0 Å². The summed E-state index contributed by atoms with van der Waals surface area (Å²) in [4.78, 5) is 22.5. The van der Waals surface area contributed by atoms with Gasteiger partial charge in [0.25, 0.3) is 0 Å². The highest BCUT2D eigenvalue weighted by Gasteiger charge is 2.45. The van der Waals surface area contributed by atoms with Crippen molar-refractivity contribution in [1.82, 2.24) is 30.2 Å². The molecule has 238 valence electrons. The topological polar surface area (TPSA) is 105 Å². The Labute approximate surface area is 254 Å². The molecule has 3 N–H and O–H groups in total. The lowest BCUT2D eigenvalue weighted by Crippen LogP contribution is -2.54. The number of hydrogen-bond donors (Lipinski definition) is 2. The van der Waals surface area contributed by atoms with Crippen LogP contribution < -0.4 is 20.7 Å². The first-order valence-corrected chi connectivity index (χ1v) is 15.7. The quantitative estimate of drug-likeness (QED) is 0.386. The number of ether oxygens (including phenoxy) is 1. The van der Waals surface area contributed by atoms with Gasteiger partial charge in [-0.1, -0.05) is 20.8 Å². The van der Waals surface area contributed by atoms with Crippen LogP contribution in [0.15, 0.2) is 6.07 Å². The average molecular weight is 617 g/mol. The Balaban J connectivity index is 0.00000168. The molecule has 0 amide bonds. The molecule has 0 aliphatic carbocycles. The molecule has 0 radical (unpaired) electrons. The maximum absolute atomic E-state index is 16.6. The zero-order valence-corrected chi connectivity index (χ0v) is 25.7. The summed E-state index contributed by atoms with van der Waals surface area (Å²) >= 11 is 0. The lowest BCUT2D eigenvalue weighted by Gasteiger charge is -2.39. The zero-order chi connectivity index (χ0) is 31.4. The maximum Gasteiger partial charge on any atom is 0.418 e. The number of nitrogens with two attached hydrogens (primary N) is 1. The van der Waals surface area contributed by atoms with E-state index in [4.69, 9.17) is 15.5 Å². The fourth-order valence-electron chi connectivity index (χ4n) is 7.61. The minimum Gasteiger partial charge on any atom is -0.461 e. The van der Waals surface area contributed by atoms with Gasteiger partial charge in [-0.3, -0.25) is 4.90 Å². The third-order valence-electron chi connectivity index (χ3n) is 9.57. The summed E-state index contributed by atoms with van der Waals surface area (Å²) < 4.78 is 65.7. The number of nitrogens with zero attached hydrogens (tertiary/aromatic N) is 6. The van der Waals surface area contributed by atoms with E-state index in [2.05, 4.69) is 37.0 Å². The Bertz CT molecular complexity index is 1550. The minimum atomic E-state index is -4.80. The van der Waals surface area contributed by atoms with Gasteiger partial charge in [-0.2, -0.15) is 23.1 Å². The van der Waals surface area contributed by atoms with Crippen molar-refractivity contribution in [2.75, 3.05) is 50.0 Å². The Hall–Kier alpha value is -3.32. The molecule has 9 nitrogen and oxygen atoms in total. The second-order valence-corrected chi connectivity index (χ2v) is 12.2.